The van der Waals surface area contributed by atoms with Gasteiger partial charge in [-0.1, -0.05) is 29.1 Å². The lowest BCUT2D eigenvalue weighted by Crippen LogP contribution is -1.86. The largest absolute Gasteiger partial charge is 0.420 e. The molecule has 0 amide bonds. The molecule has 3 aromatic heterocycles. The molecule has 1 aromatic carbocycles. The third-order valence-electron chi connectivity index (χ3n) is 3.41. The summed E-state index contributed by atoms with van der Waals surface area (Å²) < 4.78 is 10.8. The lowest BCUT2D eigenvalue weighted by molar-refractivity contribution is 0.341. The van der Waals surface area contributed by atoms with Crippen LogP contribution in [-0.2, 0) is 5.75 Å². The van der Waals surface area contributed by atoms with Crippen molar-refractivity contribution < 1.29 is 8.94 Å². The first kappa shape index (κ1) is 16.0. The van der Waals surface area contributed by atoms with Crippen LogP contribution >= 0.6 is 11.8 Å². The summed E-state index contributed by atoms with van der Waals surface area (Å²) in [6, 6.07) is 12.8. The Bertz CT molecular complexity index is 1070. The zero-order valence-electron chi connectivity index (χ0n) is 13.2. The van der Waals surface area contributed by atoms with E-state index < -0.39 is 0 Å². The molecule has 126 valence electrons. The van der Waals surface area contributed by atoms with E-state index >= 15 is 0 Å². The molecule has 0 fully saturated rings. The van der Waals surface area contributed by atoms with Crippen molar-refractivity contribution in [2.45, 2.75) is 11.0 Å². The molecule has 8 nitrogen and oxygen atoms in total. The summed E-state index contributed by atoms with van der Waals surface area (Å²) in [4.78, 5) is 8.26. The van der Waals surface area contributed by atoms with Crippen LogP contribution in [0.2, 0.25) is 0 Å². The predicted octanol–water partition coefficient (Wildman–Crippen LogP) is 3.35. The maximum atomic E-state index is 9.16. The first-order valence-electron chi connectivity index (χ1n) is 7.52. The number of benzene rings is 1. The Kier molecular flexibility index (Phi) is 4.40. The van der Waals surface area contributed by atoms with E-state index in [0.717, 1.165) is 5.56 Å². The van der Waals surface area contributed by atoms with Crippen molar-refractivity contribution in [2.24, 2.45) is 0 Å². The van der Waals surface area contributed by atoms with Crippen molar-refractivity contribution in [3.8, 4) is 28.9 Å². The maximum Gasteiger partial charge on any atom is 0.286 e. The minimum atomic E-state index is 0.358. The molecule has 0 aliphatic carbocycles. The van der Waals surface area contributed by atoms with Gasteiger partial charge in [-0.3, -0.25) is 4.98 Å². The van der Waals surface area contributed by atoms with E-state index in [1.165, 1.54) is 11.8 Å². The predicted molar refractivity (Wildman–Crippen MR) is 91.5 cm³/mol. The van der Waals surface area contributed by atoms with Crippen LogP contribution in [-0.4, -0.2) is 25.3 Å². The van der Waals surface area contributed by atoms with Gasteiger partial charge in [0.25, 0.3) is 5.22 Å². The highest BCUT2D eigenvalue weighted by Crippen LogP contribution is 2.26. The van der Waals surface area contributed by atoms with E-state index in [-0.39, 0.29) is 0 Å². The Morgan fingerprint density at radius 1 is 1.08 bits per heavy atom. The summed E-state index contributed by atoms with van der Waals surface area (Å²) in [5.74, 6) is 1.63. The van der Waals surface area contributed by atoms with E-state index in [2.05, 4.69) is 31.4 Å². The average molecular weight is 362 g/mol. The molecule has 4 rings (SSSR count). The molecule has 0 aliphatic heterocycles. The van der Waals surface area contributed by atoms with Crippen LogP contribution in [0.5, 0.6) is 0 Å². The first-order chi connectivity index (χ1) is 12.8. The zero-order valence-corrected chi connectivity index (χ0v) is 14.1. The van der Waals surface area contributed by atoms with Crippen molar-refractivity contribution in [3.05, 3.63) is 60.2 Å². The number of thioether (sulfide) groups is 1. The van der Waals surface area contributed by atoms with Crippen molar-refractivity contribution in [1.82, 2.24) is 25.3 Å². The van der Waals surface area contributed by atoms with E-state index in [1.807, 2.05) is 6.07 Å². The van der Waals surface area contributed by atoms with Gasteiger partial charge in [0.05, 0.1) is 17.4 Å². The second-order valence-electron chi connectivity index (χ2n) is 5.07. The molecule has 0 unspecified atom stereocenters. The molecule has 0 aliphatic rings. The molecular weight excluding hydrogens is 352 g/mol. The standard InChI is InChI=1S/C17H10N6O2S/c18-9-12-3-1-2-4-13(12)15-20-17(25-23-15)26-10-14-21-22-16(24-14)11-5-7-19-8-6-11/h1-8H,10H2. The van der Waals surface area contributed by atoms with Crippen LogP contribution < -0.4 is 0 Å². The first-order valence-corrected chi connectivity index (χ1v) is 8.51. The van der Waals surface area contributed by atoms with Gasteiger partial charge in [-0.2, -0.15) is 10.2 Å². The van der Waals surface area contributed by atoms with Crippen LogP contribution in [0.15, 0.2) is 63.0 Å². The van der Waals surface area contributed by atoms with Crippen LogP contribution in [0, 0.1) is 11.3 Å². The highest BCUT2D eigenvalue weighted by molar-refractivity contribution is 7.98. The molecule has 0 bridgehead atoms. The lowest BCUT2D eigenvalue weighted by atomic mass is 10.1. The highest BCUT2D eigenvalue weighted by atomic mass is 32.2. The Hall–Kier alpha value is -3.51. The van der Waals surface area contributed by atoms with Gasteiger partial charge in [0.1, 0.15) is 0 Å². The normalized spacial score (nSPS) is 10.6. The summed E-state index contributed by atoms with van der Waals surface area (Å²) in [7, 11) is 0. The van der Waals surface area contributed by atoms with E-state index in [0.29, 0.717) is 39.7 Å². The Morgan fingerprint density at radius 3 is 2.77 bits per heavy atom. The van der Waals surface area contributed by atoms with Gasteiger partial charge in [-0.05, 0) is 24.3 Å². The Morgan fingerprint density at radius 2 is 1.92 bits per heavy atom. The monoisotopic (exact) mass is 362 g/mol. The van der Waals surface area contributed by atoms with Crippen LogP contribution in [0.25, 0.3) is 22.8 Å². The fourth-order valence-corrected chi connectivity index (χ4v) is 2.80. The summed E-state index contributed by atoms with van der Waals surface area (Å²) in [5, 5.41) is 21.5. The fraction of sp³-hybridized carbons (Fsp3) is 0.0588. The Balaban J connectivity index is 1.46. The summed E-state index contributed by atoms with van der Waals surface area (Å²) >= 11 is 1.28. The molecule has 26 heavy (non-hydrogen) atoms. The number of nitrogens with zero attached hydrogens (tertiary/aromatic N) is 6. The number of aromatic nitrogens is 5. The molecule has 3 heterocycles. The molecule has 0 saturated heterocycles. The summed E-state index contributed by atoms with van der Waals surface area (Å²) in [6.07, 6.45) is 3.32. The van der Waals surface area contributed by atoms with Crippen molar-refractivity contribution in [2.75, 3.05) is 0 Å². The van der Waals surface area contributed by atoms with Gasteiger partial charge in [-0.15, -0.1) is 10.2 Å². The molecule has 0 saturated carbocycles. The number of pyridine rings is 1. The number of hydrogen-bond acceptors (Lipinski definition) is 9. The van der Waals surface area contributed by atoms with Crippen molar-refractivity contribution >= 4 is 11.8 Å². The summed E-state index contributed by atoms with van der Waals surface area (Å²) in [5.41, 5.74) is 1.92. The Labute approximate surface area is 151 Å². The lowest BCUT2D eigenvalue weighted by Gasteiger charge is -1.95. The SMILES string of the molecule is N#Cc1ccccc1-c1noc(SCc2nnc(-c3ccncc3)o2)n1. The maximum absolute atomic E-state index is 9.16. The smallest absolute Gasteiger partial charge is 0.286 e. The second kappa shape index (κ2) is 7.16. The number of rotatable bonds is 5. The molecule has 0 N–H and O–H groups in total. The van der Waals surface area contributed by atoms with E-state index in [1.54, 1.807) is 42.7 Å². The quantitative estimate of drug-likeness (QED) is 0.493. The minimum Gasteiger partial charge on any atom is -0.420 e. The van der Waals surface area contributed by atoms with Gasteiger partial charge < -0.3 is 8.94 Å². The minimum absolute atomic E-state index is 0.358. The van der Waals surface area contributed by atoms with Crippen molar-refractivity contribution in [3.63, 3.8) is 0 Å². The molecule has 0 spiro atoms. The van der Waals surface area contributed by atoms with E-state index in [9.17, 15) is 0 Å². The molecule has 0 radical (unpaired) electrons. The molecule has 0 atom stereocenters. The second-order valence-corrected chi connectivity index (χ2v) is 5.99. The molecule has 4 aromatic rings. The van der Waals surface area contributed by atoms with Crippen molar-refractivity contribution in [1.29, 1.82) is 5.26 Å². The van der Waals surface area contributed by atoms with Crippen LogP contribution in [0.3, 0.4) is 0 Å². The number of nitriles is 1. The van der Waals surface area contributed by atoms with Crippen LogP contribution in [0.4, 0.5) is 0 Å². The van der Waals surface area contributed by atoms with Crippen LogP contribution in [0.1, 0.15) is 11.5 Å². The third kappa shape index (κ3) is 3.31. The van der Waals surface area contributed by atoms with Gasteiger partial charge >= 0.3 is 0 Å². The molecule has 9 heteroatoms. The summed E-state index contributed by atoms with van der Waals surface area (Å²) in [6.45, 7) is 0. The van der Waals surface area contributed by atoms with Gasteiger partial charge in [0, 0.05) is 23.5 Å². The van der Waals surface area contributed by atoms with Gasteiger partial charge in [-0.25, -0.2) is 0 Å². The molecular formula is C17H10N6O2S. The van der Waals surface area contributed by atoms with Gasteiger partial charge in [0.15, 0.2) is 0 Å². The highest BCUT2D eigenvalue weighted by Gasteiger charge is 2.14. The number of hydrogen-bond donors (Lipinski definition) is 0. The third-order valence-corrected chi connectivity index (χ3v) is 4.21. The van der Waals surface area contributed by atoms with Gasteiger partial charge in [0.2, 0.25) is 17.6 Å². The topological polar surface area (TPSA) is 115 Å². The average Bonchev–Trinajstić information content (AvgIpc) is 3.36. The fourth-order valence-electron chi connectivity index (χ4n) is 2.20. The zero-order chi connectivity index (χ0) is 17.8. The van der Waals surface area contributed by atoms with E-state index in [4.69, 9.17) is 14.2 Å².